The van der Waals surface area contributed by atoms with E-state index in [9.17, 15) is 23.4 Å². The van der Waals surface area contributed by atoms with Gasteiger partial charge in [0.05, 0.1) is 42.3 Å². The van der Waals surface area contributed by atoms with E-state index < -0.39 is 27.8 Å². The molecule has 2 aromatic carbocycles. The summed E-state index contributed by atoms with van der Waals surface area (Å²) in [5, 5.41) is 28.2. The topological polar surface area (TPSA) is 138 Å². The molecule has 3 aromatic rings. The van der Waals surface area contributed by atoms with Crippen molar-refractivity contribution in [1.82, 2.24) is 9.88 Å². The van der Waals surface area contributed by atoms with Crippen LogP contribution in [0.4, 0.5) is 5.69 Å². The number of carbonyl (C=O) groups is 1. The zero-order chi connectivity index (χ0) is 28.5. The molecule has 11 heteroatoms. The third-order valence-electron chi connectivity index (χ3n) is 8.19. The molecule has 216 valence electrons. The van der Waals surface area contributed by atoms with Crippen LogP contribution in [0.2, 0.25) is 0 Å². The number of benzene rings is 2. The van der Waals surface area contributed by atoms with Crippen LogP contribution in [0.15, 0.2) is 48.7 Å². The van der Waals surface area contributed by atoms with Crippen LogP contribution in [0.1, 0.15) is 41.3 Å². The van der Waals surface area contributed by atoms with Crippen molar-refractivity contribution in [3.8, 4) is 0 Å². The Balaban J connectivity index is 1.47. The standard InChI is InChI=1S/C29H38N4O6S/c1-3-33-18-21-11-14-40(37,38)32(2)24-16-22(17-25(33)27(21)24)28(34)31-26(15-20-7-5-4-6-8-20)29(35,36)19-30-23-9-12-39-13-10-23/h4-8,16-18,23,26,30,35-36H,3,9-15,19H2,1-2H3,(H,31,34)/p+1/t26-/m0/s1. The number of nitrogens with one attached hydrogen (secondary N) is 1. The Hall–Kier alpha value is -2.96. The molecule has 1 saturated heterocycles. The predicted molar refractivity (Wildman–Crippen MR) is 153 cm³/mol. The number of hydrogen-bond donors (Lipinski definition) is 4. The maximum atomic E-state index is 13.8. The second-order valence-electron chi connectivity index (χ2n) is 10.8. The number of nitrogens with zero attached hydrogens (tertiary/aromatic N) is 2. The number of aromatic nitrogens is 1. The fraction of sp³-hybridized carbons (Fsp3) is 0.483. The molecular weight excluding hydrogens is 532 g/mol. The van der Waals surface area contributed by atoms with Crippen molar-refractivity contribution in [3.05, 3.63) is 65.4 Å². The molecule has 2 aliphatic rings. The first-order chi connectivity index (χ1) is 19.1. The van der Waals surface area contributed by atoms with E-state index in [0.29, 0.717) is 31.9 Å². The van der Waals surface area contributed by atoms with E-state index in [4.69, 9.17) is 4.74 Å². The van der Waals surface area contributed by atoms with Gasteiger partial charge in [0.1, 0.15) is 6.54 Å². The summed E-state index contributed by atoms with van der Waals surface area (Å²) < 4.78 is 34.5. The number of rotatable bonds is 9. The summed E-state index contributed by atoms with van der Waals surface area (Å²) >= 11 is 0. The van der Waals surface area contributed by atoms with Gasteiger partial charge in [0.2, 0.25) is 15.8 Å². The first-order valence-corrected chi connectivity index (χ1v) is 15.5. The van der Waals surface area contributed by atoms with E-state index in [1.165, 1.54) is 11.4 Å². The van der Waals surface area contributed by atoms with Crippen molar-refractivity contribution in [2.45, 2.75) is 57.0 Å². The first kappa shape index (κ1) is 28.6. The van der Waals surface area contributed by atoms with Crippen LogP contribution in [-0.4, -0.2) is 79.5 Å². The average Bonchev–Trinajstić information content (AvgIpc) is 3.28. The molecule has 1 fully saturated rings. The van der Waals surface area contributed by atoms with E-state index in [-0.39, 0.29) is 30.3 Å². The lowest BCUT2D eigenvalue weighted by Crippen LogP contribution is -2.95. The molecule has 0 spiro atoms. The van der Waals surface area contributed by atoms with Gasteiger partial charge in [-0.3, -0.25) is 9.10 Å². The Labute approximate surface area is 235 Å². The highest BCUT2D eigenvalue weighted by atomic mass is 32.2. The van der Waals surface area contributed by atoms with E-state index in [1.54, 1.807) is 12.1 Å². The number of aryl methyl sites for hydroxylation is 2. The minimum atomic E-state index is -3.55. The minimum Gasteiger partial charge on any atom is -0.381 e. The second kappa shape index (κ2) is 11.5. The van der Waals surface area contributed by atoms with Crippen LogP contribution >= 0.6 is 0 Å². The SMILES string of the molecule is CCn1cc2c3c(cc(C(=O)N[C@@H](Cc4ccccc4)C(O)(O)C[NH2+]C4CCOCC4)cc31)N(C)S(=O)(=O)CC2. The van der Waals surface area contributed by atoms with Crippen molar-refractivity contribution in [1.29, 1.82) is 0 Å². The van der Waals surface area contributed by atoms with Gasteiger partial charge >= 0.3 is 0 Å². The zero-order valence-electron chi connectivity index (χ0n) is 23.0. The number of quaternary nitrogens is 1. The Morgan fingerprint density at radius 3 is 2.62 bits per heavy atom. The van der Waals surface area contributed by atoms with Crippen LogP contribution in [-0.2, 0) is 34.1 Å². The number of anilines is 1. The third-order valence-corrected chi connectivity index (χ3v) is 9.94. The number of carbonyl (C=O) groups excluding carboxylic acids is 1. The maximum absolute atomic E-state index is 13.8. The monoisotopic (exact) mass is 571 g/mol. The summed E-state index contributed by atoms with van der Waals surface area (Å²) in [5.41, 5.74) is 3.27. The Morgan fingerprint density at radius 2 is 1.93 bits per heavy atom. The molecule has 5 rings (SSSR count). The van der Waals surface area contributed by atoms with Crippen LogP contribution in [0, 0.1) is 0 Å². The van der Waals surface area contributed by atoms with Crippen LogP contribution in [0.25, 0.3) is 10.9 Å². The van der Waals surface area contributed by atoms with Crippen LogP contribution in [0.5, 0.6) is 0 Å². The molecule has 3 heterocycles. The molecule has 0 radical (unpaired) electrons. The molecule has 10 nitrogen and oxygen atoms in total. The fourth-order valence-electron chi connectivity index (χ4n) is 5.70. The van der Waals surface area contributed by atoms with Gasteiger partial charge in [0, 0.05) is 43.6 Å². The number of hydrogen-bond acceptors (Lipinski definition) is 6. The van der Waals surface area contributed by atoms with Crippen molar-refractivity contribution in [2.75, 3.05) is 36.9 Å². The number of ether oxygens (including phenoxy) is 1. The first-order valence-electron chi connectivity index (χ1n) is 13.9. The van der Waals surface area contributed by atoms with Gasteiger partial charge in [-0.1, -0.05) is 30.3 Å². The molecule has 5 N–H and O–H groups in total. The van der Waals surface area contributed by atoms with Gasteiger partial charge in [-0.15, -0.1) is 0 Å². The van der Waals surface area contributed by atoms with Gasteiger partial charge in [-0.05, 0) is 43.0 Å². The molecule has 0 unspecified atom stereocenters. The highest BCUT2D eigenvalue weighted by Gasteiger charge is 2.39. The molecule has 0 bridgehead atoms. The van der Waals surface area contributed by atoms with Crippen molar-refractivity contribution < 1.29 is 33.5 Å². The van der Waals surface area contributed by atoms with Gasteiger partial charge in [0.15, 0.2) is 0 Å². The van der Waals surface area contributed by atoms with Gasteiger partial charge in [-0.2, -0.15) is 0 Å². The lowest BCUT2D eigenvalue weighted by Gasteiger charge is -2.32. The molecule has 1 aromatic heterocycles. The fourth-order valence-corrected chi connectivity index (χ4v) is 6.90. The molecule has 1 atom stereocenters. The largest absolute Gasteiger partial charge is 0.381 e. The van der Waals surface area contributed by atoms with E-state index in [1.807, 2.05) is 53.3 Å². The second-order valence-corrected chi connectivity index (χ2v) is 13.0. The molecule has 0 aliphatic carbocycles. The number of aliphatic hydroxyl groups is 2. The lowest BCUT2D eigenvalue weighted by atomic mass is 9.96. The summed E-state index contributed by atoms with van der Waals surface area (Å²) in [4.78, 5) is 13.8. The van der Waals surface area contributed by atoms with Gasteiger partial charge < -0.3 is 30.2 Å². The molecular formula is C29H39N4O6S+. The third kappa shape index (κ3) is 5.89. The van der Waals surface area contributed by atoms with E-state index in [0.717, 1.165) is 34.9 Å². The number of amides is 1. The summed E-state index contributed by atoms with van der Waals surface area (Å²) in [7, 11) is -2.03. The Kier molecular flexibility index (Phi) is 8.21. The maximum Gasteiger partial charge on any atom is 0.251 e. The van der Waals surface area contributed by atoms with E-state index >= 15 is 0 Å². The Morgan fingerprint density at radius 1 is 1.20 bits per heavy atom. The molecule has 2 aliphatic heterocycles. The van der Waals surface area contributed by atoms with Crippen molar-refractivity contribution in [3.63, 3.8) is 0 Å². The highest BCUT2D eigenvalue weighted by Crippen LogP contribution is 2.37. The summed E-state index contributed by atoms with van der Waals surface area (Å²) in [5.74, 6) is -2.71. The summed E-state index contributed by atoms with van der Waals surface area (Å²) in [6.45, 7) is 3.94. The highest BCUT2D eigenvalue weighted by molar-refractivity contribution is 7.92. The molecule has 1 amide bonds. The van der Waals surface area contributed by atoms with E-state index in [2.05, 4.69) is 5.32 Å². The van der Waals surface area contributed by atoms with Crippen molar-refractivity contribution in [2.24, 2.45) is 0 Å². The van der Waals surface area contributed by atoms with Crippen LogP contribution in [0.3, 0.4) is 0 Å². The smallest absolute Gasteiger partial charge is 0.251 e. The minimum absolute atomic E-state index is 0.0111. The Bertz CT molecular complexity index is 1460. The molecule has 40 heavy (non-hydrogen) atoms. The summed E-state index contributed by atoms with van der Waals surface area (Å²) in [6, 6.07) is 11.9. The zero-order valence-corrected chi connectivity index (χ0v) is 23.9. The lowest BCUT2D eigenvalue weighted by molar-refractivity contribution is -0.711. The van der Waals surface area contributed by atoms with Crippen LogP contribution < -0.4 is 14.9 Å². The number of sulfonamides is 1. The number of nitrogens with two attached hydrogens (primary N) is 1. The summed E-state index contributed by atoms with van der Waals surface area (Å²) in [6.07, 6.45) is 4.21. The van der Waals surface area contributed by atoms with Gasteiger partial charge in [-0.25, -0.2) is 8.42 Å². The van der Waals surface area contributed by atoms with Crippen molar-refractivity contribution >= 4 is 32.5 Å². The van der Waals surface area contributed by atoms with Gasteiger partial charge in [0.25, 0.3) is 5.91 Å². The quantitative estimate of drug-likeness (QED) is 0.280. The average molecular weight is 572 g/mol. The normalized spacial score (nSPS) is 18.4. The predicted octanol–water partition coefficient (Wildman–Crippen LogP) is 0.748. The molecule has 0 saturated carbocycles.